The Morgan fingerprint density at radius 2 is 1.70 bits per heavy atom. The number of carbonyl (C=O) groups excluding carboxylic acids is 2. The van der Waals surface area contributed by atoms with E-state index in [2.05, 4.69) is 19.1 Å². The third-order valence-corrected chi connectivity index (χ3v) is 4.45. The van der Waals surface area contributed by atoms with E-state index in [0.717, 1.165) is 44.1 Å². The number of aryl methyl sites for hydroxylation is 1. The Morgan fingerprint density at radius 1 is 1.00 bits per heavy atom. The second kappa shape index (κ2) is 11.0. The molecule has 0 saturated carbocycles. The molecule has 2 N–H and O–H groups in total. The van der Waals surface area contributed by atoms with Crippen LogP contribution < -0.4 is 5.73 Å². The van der Waals surface area contributed by atoms with Gasteiger partial charge in [0.25, 0.3) is 0 Å². The maximum Gasteiger partial charge on any atom is 0.220 e. The molecule has 1 rings (SSSR count). The Bertz CT molecular complexity index is 479. The topological polar surface area (TPSA) is 60.2 Å². The number of rotatable bonds is 12. The van der Waals surface area contributed by atoms with Gasteiger partial charge in [-0.15, -0.1) is 0 Å². The predicted octanol–water partition coefficient (Wildman–Crippen LogP) is 4.67. The molecule has 1 atom stereocenters. The highest BCUT2D eigenvalue weighted by atomic mass is 16.1. The molecular weight excluding hydrogens is 286 g/mol. The minimum atomic E-state index is -0.202. The van der Waals surface area contributed by atoms with E-state index < -0.39 is 0 Å². The quantitative estimate of drug-likeness (QED) is 0.449. The van der Waals surface area contributed by atoms with E-state index in [-0.39, 0.29) is 17.6 Å². The zero-order valence-electron chi connectivity index (χ0n) is 14.6. The van der Waals surface area contributed by atoms with E-state index in [1.54, 1.807) is 0 Å². The van der Waals surface area contributed by atoms with Crippen molar-refractivity contribution in [3.05, 3.63) is 35.4 Å². The molecule has 1 amide bonds. The number of amides is 1. The Labute approximate surface area is 140 Å². The van der Waals surface area contributed by atoms with Crippen molar-refractivity contribution in [1.82, 2.24) is 0 Å². The maximum atomic E-state index is 12.2. The van der Waals surface area contributed by atoms with Gasteiger partial charge in [0.1, 0.15) is 0 Å². The standard InChI is InChI=1S/C20H31NO2/c1-3-5-9-16-12-14-18(15-13-16)19(22)11-8-6-7-10-17(4-2)20(21)23/h12-15,17H,3-11H2,1-2H3,(H2,21,23)/t17-/m0/s1. The summed E-state index contributed by atoms with van der Waals surface area (Å²) in [5.74, 6) is 0.00194. The Morgan fingerprint density at radius 3 is 2.26 bits per heavy atom. The summed E-state index contributed by atoms with van der Waals surface area (Å²) in [5, 5.41) is 0. The van der Waals surface area contributed by atoms with E-state index in [1.165, 1.54) is 18.4 Å². The molecule has 23 heavy (non-hydrogen) atoms. The first-order valence-electron chi connectivity index (χ1n) is 8.99. The lowest BCUT2D eigenvalue weighted by molar-refractivity contribution is -0.122. The fourth-order valence-corrected chi connectivity index (χ4v) is 2.78. The number of Topliss-reactive ketones (excluding diaryl/α,β-unsaturated/α-hetero) is 1. The molecule has 0 spiro atoms. The molecule has 0 radical (unpaired) electrons. The summed E-state index contributed by atoms with van der Waals surface area (Å²) in [7, 11) is 0. The molecule has 128 valence electrons. The summed E-state index contributed by atoms with van der Waals surface area (Å²) in [6.07, 6.45) is 8.52. The molecule has 0 aromatic heterocycles. The van der Waals surface area contributed by atoms with E-state index >= 15 is 0 Å². The second-order valence-electron chi connectivity index (χ2n) is 6.33. The minimum Gasteiger partial charge on any atom is -0.369 e. The van der Waals surface area contributed by atoms with Crippen LogP contribution in [0, 0.1) is 5.92 Å². The zero-order chi connectivity index (χ0) is 17.1. The van der Waals surface area contributed by atoms with Gasteiger partial charge in [-0.3, -0.25) is 9.59 Å². The highest BCUT2D eigenvalue weighted by Crippen LogP contribution is 2.15. The average Bonchev–Trinajstić information content (AvgIpc) is 2.56. The van der Waals surface area contributed by atoms with Crippen LogP contribution in [0.5, 0.6) is 0 Å². The molecule has 1 aromatic rings. The summed E-state index contributed by atoms with van der Waals surface area (Å²) in [6, 6.07) is 8.05. The van der Waals surface area contributed by atoms with Gasteiger partial charge in [0, 0.05) is 17.9 Å². The van der Waals surface area contributed by atoms with Gasteiger partial charge in [0.2, 0.25) is 5.91 Å². The largest absolute Gasteiger partial charge is 0.369 e. The number of primary amides is 1. The van der Waals surface area contributed by atoms with Crippen molar-refractivity contribution < 1.29 is 9.59 Å². The molecule has 0 heterocycles. The van der Waals surface area contributed by atoms with Crippen LogP contribution in [-0.4, -0.2) is 11.7 Å². The van der Waals surface area contributed by atoms with Crippen molar-refractivity contribution >= 4 is 11.7 Å². The Balaban J connectivity index is 2.27. The number of ketones is 1. The summed E-state index contributed by atoms with van der Waals surface area (Å²) < 4.78 is 0. The van der Waals surface area contributed by atoms with Crippen molar-refractivity contribution in [3.8, 4) is 0 Å². The molecule has 1 aromatic carbocycles. The average molecular weight is 317 g/mol. The number of hydrogen-bond donors (Lipinski definition) is 1. The maximum absolute atomic E-state index is 12.2. The summed E-state index contributed by atoms with van der Waals surface area (Å²) in [6.45, 7) is 4.17. The molecule has 3 nitrogen and oxygen atoms in total. The van der Waals surface area contributed by atoms with Gasteiger partial charge >= 0.3 is 0 Å². The minimum absolute atomic E-state index is 0.0126. The van der Waals surface area contributed by atoms with Gasteiger partial charge in [-0.1, -0.05) is 57.4 Å². The van der Waals surface area contributed by atoms with Gasteiger partial charge < -0.3 is 5.73 Å². The summed E-state index contributed by atoms with van der Waals surface area (Å²) in [5.41, 5.74) is 7.46. The van der Waals surface area contributed by atoms with Crippen molar-refractivity contribution in [2.45, 2.75) is 71.6 Å². The molecule has 0 unspecified atom stereocenters. The molecule has 0 aliphatic rings. The SMILES string of the molecule is CCCCc1ccc(C(=O)CCCCC[C@H](CC)C(N)=O)cc1. The molecule has 0 saturated heterocycles. The lowest BCUT2D eigenvalue weighted by Crippen LogP contribution is -2.22. The van der Waals surface area contributed by atoms with Gasteiger partial charge in [0.05, 0.1) is 0 Å². The number of hydrogen-bond acceptors (Lipinski definition) is 2. The van der Waals surface area contributed by atoms with E-state index in [0.29, 0.717) is 6.42 Å². The van der Waals surface area contributed by atoms with Crippen molar-refractivity contribution in [2.75, 3.05) is 0 Å². The van der Waals surface area contributed by atoms with Gasteiger partial charge in [-0.25, -0.2) is 0 Å². The number of benzene rings is 1. The number of carbonyl (C=O) groups is 2. The van der Waals surface area contributed by atoms with Gasteiger partial charge in [-0.05, 0) is 37.7 Å². The third-order valence-electron chi connectivity index (χ3n) is 4.45. The van der Waals surface area contributed by atoms with Crippen LogP contribution in [0.1, 0.15) is 81.1 Å². The van der Waals surface area contributed by atoms with Crippen molar-refractivity contribution in [2.24, 2.45) is 11.7 Å². The van der Waals surface area contributed by atoms with Crippen LogP contribution in [0.2, 0.25) is 0 Å². The smallest absolute Gasteiger partial charge is 0.220 e. The molecular formula is C20H31NO2. The second-order valence-corrected chi connectivity index (χ2v) is 6.33. The highest BCUT2D eigenvalue weighted by molar-refractivity contribution is 5.96. The lowest BCUT2D eigenvalue weighted by atomic mass is 9.96. The van der Waals surface area contributed by atoms with Gasteiger partial charge in [-0.2, -0.15) is 0 Å². The van der Waals surface area contributed by atoms with Gasteiger partial charge in [0.15, 0.2) is 5.78 Å². The Kier molecular flexibility index (Phi) is 9.27. The third kappa shape index (κ3) is 7.45. The fraction of sp³-hybridized carbons (Fsp3) is 0.600. The van der Waals surface area contributed by atoms with Crippen LogP contribution in [0.3, 0.4) is 0 Å². The van der Waals surface area contributed by atoms with E-state index in [9.17, 15) is 9.59 Å². The van der Waals surface area contributed by atoms with E-state index in [1.807, 2.05) is 19.1 Å². The number of unbranched alkanes of at least 4 members (excludes halogenated alkanes) is 3. The van der Waals surface area contributed by atoms with Crippen molar-refractivity contribution in [1.29, 1.82) is 0 Å². The Hall–Kier alpha value is -1.64. The predicted molar refractivity (Wildman–Crippen MR) is 95.4 cm³/mol. The molecule has 0 aliphatic carbocycles. The first-order valence-corrected chi connectivity index (χ1v) is 8.99. The molecule has 0 bridgehead atoms. The monoisotopic (exact) mass is 317 g/mol. The normalized spacial score (nSPS) is 12.1. The first-order chi connectivity index (χ1) is 11.1. The van der Waals surface area contributed by atoms with Crippen molar-refractivity contribution in [3.63, 3.8) is 0 Å². The fourth-order valence-electron chi connectivity index (χ4n) is 2.78. The summed E-state index contributed by atoms with van der Waals surface area (Å²) in [4.78, 5) is 23.3. The number of nitrogens with two attached hydrogens (primary N) is 1. The lowest BCUT2D eigenvalue weighted by Gasteiger charge is -2.09. The van der Waals surface area contributed by atoms with Crippen LogP contribution in [0.25, 0.3) is 0 Å². The van der Waals surface area contributed by atoms with Crippen LogP contribution in [0.15, 0.2) is 24.3 Å². The summed E-state index contributed by atoms with van der Waals surface area (Å²) >= 11 is 0. The van der Waals surface area contributed by atoms with E-state index in [4.69, 9.17) is 5.73 Å². The van der Waals surface area contributed by atoms with Crippen LogP contribution >= 0.6 is 0 Å². The molecule has 0 aliphatic heterocycles. The molecule has 0 fully saturated rings. The highest BCUT2D eigenvalue weighted by Gasteiger charge is 2.12. The van der Waals surface area contributed by atoms with Crippen LogP contribution in [0.4, 0.5) is 0 Å². The van der Waals surface area contributed by atoms with Crippen LogP contribution in [-0.2, 0) is 11.2 Å². The molecule has 3 heteroatoms. The zero-order valence-corrected chi connectivity index (χ0v) is 14.6. The first kappa shape index (κ1) is 19.4.